The molecule has 0 radical (unpaired) electrons. The van der Waals surface area contributed by atoms with Crippen LogP contribution < -0.4 is 11.2 Å². The summed E-state index contributed by atoms with van der Waals surface area (Å²) in [4.78, 5) is 56.9. The molecule has 3 saturated heterocycles. The second-order valence-corrected chi connectivity index (χ2v) is 8.53. The molecule has 2 amide bonds. The van der Waals surface area contributed by atoms with Crippen LogP contribution >= 0.6 is 0 Å². The first-order valence-corrected chi connectivity index (χ1v) is 10.3. The van der Waals surface area contributed by atoms with E-state index in [0.717, 1.165) is 23.8 Å². The topological polar surface area (TPSA) is 95.5 Å². The molecule has 3 atom stereocenters. The molecule has 5 rings (SSSR count). The Balaban J connectivity index is 1.37. The van der Waals surface area contributed by atoms with Crippen LogP contribution in [0.2, 0.25) is 0 Å². The standard InChI is InChI=1S/C21H24N4O4/c26-18-7-3-6-17-14-8-13(10-24(17)18)9-23(11-14)19(27)12-25-20(28)15-4-1-2-5-16(15)22-21(25)29/h1-2,4-5,13-14,17H,3,6-12H2,(H,22,29)/t13-,14+,17+/m1/s1. The van der Waals surface area contributed by atoms with Crippen molar-refractivity contribution in [2.24, 2.45) is 11.8 Å². The van der Waals surface area contributed by atoms with Gasteiger partial charge in [0.2, 0.25) is 11.8 Å². The van der Waals surface area contributed by atoms with Crippen LogP contribution in [0.1, 0.15) is 25.7 Å². The predicted molar refractivity (Wildman–Crippen MR) is 106 cm³/mol. The monoisotopic (exact) mass is 396 g/mol. The summed E-state index contributed by atoms with van der Waals surface area (Å²) in [7, 11) is 0. The summed E-state index contributed by atoms with van der Waals surface area (Å²) in [5.74, 6) is 0.577. The van der Waals surface area contributed by atoms with Gasteiger partial charge in [0.1, 0.15) is 6.54 Å². The summed E-state index contributed by atoms with van der Waals surface area (Å²) in [6, 6.07) is 7.02. The Labute approximate surface area is 167 Å². The number of piperidine rings is 3. The zero-order valence-corrected chi connectivity index (χ0v) is 16.2. The molecule has 29 heavy (non-hydrogen) atoms. The molecule has 8 nitrogen and oxygen atoms in total. The average molecular weight is 396 g/mol. The summed E-state index contributed by atoms with van der Waals surface area (Å²) < 4.78 is 0.992. The Morgan fingerprint density at radius 2 is 1.93 bits per heavy atom. The molecule has 3 fully saturated rings. The van der Waals surface area contributed by atoms with E-state index < -0.39 is 11.2 Å². The fraction of sp³-hybridized carbons (Fsp3) is 0.524. The number of benzene rings is 1. The first-order chi connectivity index (χ1) is 14.0. The maximum Gasteiger partial charge on any atom is 0.329 e. The third-order valence-electron chi connectivity index (χ3n) is 6.72. The van der Waals surface area contributed by atoms with Crippen LogP contribution in [0.25, 0.3) is 10.9 Å². The van der Waals surface area contributed by atoms with E-state index in [2.05, 4.69) is 4.98 Å². The third kappa shape index (κ3) is 3.07. The van der Waals surface area contributed by atoms with Crippen molar-refractivity contribution in [3.63, 3.8) is 0 Å². The van der Waals surface area contributed by atoms with Crippen molar-refractivity contribution >= 4 is 22.7 Å². The Morgan fingerprint density at radius 1 is 1.10 bits per heavy atom. The van der Waals surface area contributed by atoms with Crippen LogP contribution in [0.3, 0.4) is 0 Å². The highest BCUT2D eigenvalue weighted by Crippen LogP contribution is 2.37. The number of hydrogen-bond donors (Lipinski definition) is 1. The molecular weight excluding hydrogens is 372 g/mol. The fourth-order valence-electron chi connectivity index (χ4n) is 5.39. The molecule has 1 aromatic heterocycles. The number of carbonyl (C=O) groups excluding carboxylic acids is 2. The zero-order chi connectivity index (χ0) is 20.1. The Kier molecular flexibility index (Phi) is 4.29. The van der Waals surface area contributed by atoms with Crippen molar-refractivity contribution < 1.29 is 9.59 Å². The molecule has 3 aliphatic heterocycles. The minimum absolute atomic E-state index is 0.210. The van der Waals surface area contributed by atoms with Crippen molar-refractivity contribution in [1.82, 2.24) is 19.4 Å². The molecule has 0 aliphatic carbocycles. The number of aromatic amines is 1. The highest BCUT2D eigenvalue weighted by atomic mass is 16.2. The van der Waals surface area contributed by atoms with Crippen molar-refractivity contribution in [3.05, 3.63) is 45.1 Å². The fourth-order valence-corrected chi connectivity index (χ4v) is 5.39. The second kappa shape index (κ2) is 6.86. The van der Waals surface area contributed by atoms with E-state index in [9.17, 15) is 19.2 Å². The lowest BCUT2D eigenvalue weighted by Crippen LogP contribution is -2.61. The van der Waals surface area contributed by atoms with Gasteiger partial charge in [-0.1, -0.05) is 12.1 Å². The molecular formula is C21H24N4O4. The number of carbonyl (C=O) groups is 2. The van der Waals surface area contributed by atoms with E-state index >= 15 is 0 Å². The van der Waals surface area contributed by atoms with Crippen LogP contribution in [0.15, 0.2) is 33.9 Å². The minimum atomic E-state index is -0.566. The number of H-pyrrole nitrogens is 1. The van der Waals surface area contributed by atoms with Crippen molar-refractivity contribution in [2.45, 2.75) is 38.3 Å². The number of aromatic nitrogens is 2. The second-order valence-electron chi connectivity index (χ2n) is 8.53. The average Bonchev–Trinajstić information content (AvgIpc) is 2.71. The number of fused-ring (bicyclic) bond motifs is 5. The van der Waals surface area contributed by atoms with E-state index in [4.69, 9.17) is 0 Å². The number of nitrogens with one attached hydrogen (secondary N) is 1. The van der Waals surface area contributed by atoms with Crippen LogP contribution in [-0.4, -0.2) is 56.8 Å². The lowest BCUT2D eigenvalue weighted by molar-refractivity contribution is -0.149. The lowest BCUT2D eigenvalue weighted by Gasteiger charge is -2.52. The van der Waals surface area contributed by atoms with Gasteiger partial charge in [0.05, 0.1) is 10.9 Å². The van der Waals surface area contributed by atoms with E-state index in [0.29, 0.717) is 37.0 Å². The van der Waals surface area contributed by atoms with E-state index in [-0.39, 0.29) is 36.2 Å². The molecule has 3 aliphatic rings. The molecule has 1 N–H and O–H groups in total. The molecule has 0 unspecified atom stereocenters. The number of rotatable bonds is 2. The maximum atomic E-state index is 13.0. The summed E-state index contributed by atoms with van der Waals surface area (Å²) >= 11 is 0. The van der Waals surface area contributed by atoms with Crippen molar-refractivity contribution in [2.75, 3.05) is 19.6 Å². The van der Waals surface area contributed by atoms with E-state index in [1.54, 1.807) is 29.2 Å². The molecule has 4 heterocycles. The maximum absolute atomic E-state index is 13.0. The van der Waals surface area contributed by atoms with E-state index in [1.807, 2.05) is 4.90 Å². The number of nitrogens with zero attached hydrogens (tertiary/aromatic N) is 3. The molecule has 1 aromatic carbocycles. The number of likely N-dealkylation sites (tertiary alicyclic amines) is 1. The van der Waals surface area contributed by atoms with E-state index in [1.165, 1.54) is 0 Å². The first-order valence-electron chi connectivity index (χ1n) is 10.3. The molecule has 8 heteroatoms. The van der Waals surface area contributed by atoms with Crippen molar-refractivity contribution in [1.29, 1.82) is 0 Å². The summed E-state index contributed by atoms with van der Waals surface area (Å²) in [5, 5.41) is 0.395. The normalized spacial score (nSPS) is 26.5. The van der Waals surface area contributed by atoms with Crippen molar-refractivity contribution in [3.8, 4) is 0 Å². The van der Waals surface area contributed by atoms with Crippen LogP contribution in [0, 0.1) is 11.8 Å². The smallest absolute Gasteiger partial charge is 0.329 e. The predicted octanol–water partition coefficient (Wildman–Crippen LogP) is 0.549. The number of hydrogen-bond acceptors (Lipinski definition) is 4. The highest BCUT2D eigenvalue weighted by Gasteiger charge is 2.44. The minimum Gasteiger partial charge on any atom is -0.340 e. The molecule has 2 bridgehead atoms. The summed E-state index contributed by atoms with van der Waals surface area (Å²) in [6.45, 7) is 1.61. The van der Waals surface area contributed by atoms with Gasteiger partial charge in [0.15, 0.2) is 0 Å². The van der Waals surface area contributed by atoms with Crippen LogP contribution in [0.4, 0.5) is 0 Å². The number of amides is 2. The van der Waals surface area contributed by atoms with Gasteiger partial charge < -0.3 is 14.8 Å². The quantitative estimate of drug-likeness (QED) is 0.802. The lowest BCUT2D eigenvalue weighted by atomic mass is 9.76. The number of para-hydroxylation sites is 1. The first kappa shape index (κ1) is 18.1. The molecule has 152 valence electrons. The van der Waals surface area contributed by atoms with Crippen LogP contribution in [0.5, 0.6) is 0 Å². The third-order valence-corrected chi connectivity index (χ3v) is 6.72. The van der Waals surface area contributed by atoms with Gasteiger partial charge in [0.25, 0.3) is 5.56 Å². The van der Waals surface area contributed by atoms with Gasteiger partial charge in [-0.15, -0.1) is 0 Å². The summed E-state index contributed by atoms with van der Waals surface area (Å²) in [5.41, 5.74) is -0.539. The molecule has 0 saturated carbocycles. The SMILES string of the molecule is O=C(Cn1c(=O)[nH]c2ccccc2c1=O)N1C[C@H]2C[C@@H](C1)[C@@H]1CCCC(=O)N1C2. The Hall–Kier alpha value is -2.90. The van der Waals surface area contributed by atoms with Gasteiger partial charge in [-0.3, -0.25) is 19.0 Å². The van der Waals surface area contributed by atoms with Gasteiger partial charge in [-0.25, -0.2) is 4.79 Å². The van der Waals surface area contributed by atoms with Gasteiger partial charge >= 0.3 is 5.69 Å². The van der Waals surface area contributed by atoms with Crippen LogP contribution in [-0.2, 0) is 16.1 Å². The Bertz CT molecular complexity index is 1100. The Morgan fingerprint density at radius 3 is 2.79 bits per heavy atom. The highest BCUT2D eigenvalue weighted by molar-refractivity contribution is 5.79. The largest absolute Gasteiger partial charge is 0.340 e. The molecule has 0 spiro atoms. The van der Waals surface area contributed by atoms with Gasteiger partial charge in [0, 0.05) is 32.1 Å². The molecule has 2 aromatic rings. The summed E-state index contributed by atoms with van der Waals surface area (Å²) in [6.07, 6.45) is 3.58. The van der Waals surface area contributed by atoms with Gasteiger partial charge in [-0.2, -0.15) is 0 Å². The zero-order valence-electron chi connectivity index (χ0n) is 16.2. The van der Waals surface area contributed by atoms with Gasteiger partial charge in [-0.05, 0) is 43.2 Å².